The SMILES string of the molecule is CCOC(=O)c1c(C)[nH]c2c(-c3cc(CC)ccc3OCC3CC3)ncnc12. The molecule has 0 aliphatic heterocycles. The minimum atomic E-state index is -0.372. The molecule has 0 unspecified atom stereocenters. The van der Waals surface area contributed by atoms with Crippen molar-refractivity contribution in [3.63, 3.8) is 0 Å². The molecule has 2 heterocycles. The summed E-state index contributed by atoms with van der Waals surface area (Å²) in [4.78, 5) is 24.6. The number of nitrogens with zero attached hydrogens (tertiary/aromatic N) is 2. The molecule has 0 atom stereocenters. The lowest BCUT2D eigenvalue weighted by Crippen LogP contribution is -2.06. The Morgan fingerprint density at radius 2 is 2.07 bits per heavy atom. The van der Waals surface area contributed by atoms with E-state index in [9.17, 15) is 4.79 Å². The van der Waals surface area contributed by atoms with E-state index in [4.69, 9.17) is 9.47 Å². The van der Waals surface area contributed by atoms with Gasteiger partial charge in [0, 0.05) is 11.3 Å². The normalized spacial score (nSPS) is 13.7. The molecule has 4 rings (SSSR count). The molecule has 28 heavy (non-hydrogen) atoms. The summed E-state index contributed by atoms with van der Waals surface area (Å²) in [6.07, 6.45) is 4.89. The highest BCUT2D eigenvalue weighted by molar-refractivity contribution is 6.07. The number of benzene rings is 1. The van der Waals surface area contributed by atoms with Crippen LogP contribution >= 0.6 is 0 Å². The Labute approximate surface area is 164 Å². The first-order valence-electron chi connectivity index (χ1n) is 9.88. The van der Waals surface area contributed by atoms with Crippen molar-refractivity contribution in [3.05, 3.63) is 41.3 Å². The first kappa shape index (κ1) is 18.5. The van der Waals surface area contributed by atoms with Crippen LogP contribution in [0.15, 0.2) is 24.5 Å². The van der Waals surface area contributed by atoms with E-state index in [-0.39, 0.29) is 5.97 Å². The van der Waals surface area contributed by atoms with E-state index < -0.39 is 0 Å². The second-order valence-corrected chi connectivity index (χ2v) is 7.23. The maximum atomic E-state index is 12.4. The maximum Gasteiger partial charge on any atom is 0.342 e. The predicted molar refractivity (Wildman–Crippen MR) is 108 cm³/mol. The average Bonchev–Trinajstić information content (AvgIpc) is 3.46. The van der Waals surface area contributed by atoms with Gasteiger partial charge in [-0.3, -0.25) is 0 Å². The van der Waals surface area contributed by atoms with Crippen LogP contribution in [0.2, 0.25) is 0 Å². The molecule has 2 aromatic heterocycles. The molecule has 1 saturated carbocycles. The number of carbonyl (C=O) groups excluding carboxylic acids is 1. The van der Waals surface area contributed by atoms with E-state index in [1.165, 1.54) is 24.7 Å². The topological polar surface area (TPSA) is 77.1 Å². The summed E-state index contributed by atoms with van der Waals surface area (Å²) >= 11 is 0. The number of hydrogen-bond donors (Lipinski definition) is 1. The van der Waals surface area contributed by atoms with Crippen molar-refractivity contribution in [1.29, 1.82) is 0 Å². The third-order valence-electron chi connectivity index (χ3n) is 5.13. The second-order valence-electron chi connectivity index (χ2n) is 7.23. The maximum absolute atomic E-state index is 12.4. The van der Waals surface area contributed by atoms with Gasteiger partial charge in [-0.2, -0.15) is 0 Å². The number of aromatic nitrogens is 3. The standard InChI is InChI=1S/C22H25N3O3/c1-4-14-8-9-17(28-11-15-6-7-15)16(10-14)19-21-20(24-12-23-19)18(13(3)25-21)22(26)27-5-2/h8-10,12,15,25H,4-7,11H2,1-3H3. The van der Waals surface area contributed by atoms with Crippen LogP contribution in [0.25, 0.3) is 22.3 Å². The number of fused-ring (bicyclic) bond motifs is 1. The number of esters is 1. The summed E-state index contributed by atoms with van der Waals surface area (Å²) in [5, 5.41) is 0. The monoisotopic (exact) mass is 379 g/mol. The molecule has 1 aliphatic carbocycles. The Hall–Kier alpha value is -2.89. The number of ether oxygens (including phenoxy) is 2. The number of rotatable bonds is 7. The fraction of sp³-hybridized carbons (Fsp3) is 0.409. The highest BCUT2D eigenvalue weighted by atomic mass is 16.5. The molecule has 0 saturated heterocycles. The van der Waals surface area contributed by atoms with Crippen molar-refractivity contribution in [2.45, 2.75) is 40.0 Å². The van der Waals surface area contributed by atoms with Gasteiger partial charge in [0.15, 0.2) is 0 Å². The summed E-state index contributed by atoms with van der Waals surface area (Å²) in [6.45, 7) is 6.81. The van der Waals surface area contributed by atoms with Crippen LogP contribution in [0, 0.1) is 12.8 Å². The van der Waals surface area contributed by atoms with Crippen molar-refractivity contribution in [3.8, 4) is 17.0 Å². The minimum absolute atomic E-state index is 0.320. The van der Waals surface area contributed by atoms with Gasteiger partial charge in [-0.15, -0.1) is 0 Å². The molecule has 146 valence electrons. The highest BCUT2D eigenvalue weighted by Gasteiger charge is 2.25. The summed E-state index contributed by atoms with van der Waals surface area (Å²) < 4.78 is 11.3. The molecule has 3 aromatic rings. The van der Waals surface area contributed by atoms with Crippen LogP contribution in [-0.2, 0) is 11.2 Å². The quantitative estimate of drug-likeness (QED) is 0.613. The first-order chi connectivity index (χ1) is 13.6. The van der Waals surface area contributed by atoms with Crippen molar-refractivity contribution in [2.24, 2.45) is 5.92 Å². The summed E-state index contributed by atoms with van der Waals surface area (Å²) in [7, 11) is 0. The molecule has 0 bridgehead atoms. The lowest BCUT2D eigenvalue weighted by Gasteiger charge is -2.13. The summed E-state index contributed by atoms with van der Waals surface area (Å²) in [6, 6.07) is 6.23. The van der Waals surface area contributed by atoms with E-state index in [1.807, 2.05) is 13.0 Å². The first-order valence-corrected chi connectivity index (χ1v) is 9.88. The van der Waals surface area contributed by atoms with Crippen LogP contribution in [0.1, 0.15) is 48.3 Å². The molecule has 0 amide bonds. The van der Waals surface area contributed by atoms with Crippen LogP contribution in [0.5, 0.6) is 5.75 Å². The van der Waals surface area contributed by atoms with E-state index in [2.05, 4.69) is 34.0 Å². The molecular formula is C22H25N3O3. The van der Waals surface area contributed by atoms with Gasteiger partial charge in [0.1, 0.15) is 28.9 Å². The highest BCUT2D eigenvalue weighted by Crippen LogP contribution is 2.37. The van der Waals surface area contributed by atoms with Crippen molar-refractivity contribution < 1.29 is 14.3 Å². The Morgan fingerprint density at radius 3 is 2.79 bits per heavy atom. The molecule has 1 fully saturated rings. The zero-order valence-corrected chi connectivity index (χ0v) is 16.5. The lowest BCUT2D eigenvalue weighted by atomic mass is 10.0. The predicted octanol–water partition coefficient (Wildman–Crippen LogP) is 4.46. The van der Waals surface area contributed by atoms with Gasteiger partial charge < -0.3 is 14.5 Å². The van der Waals surface area contributed by atoms with Crippen LogP contribution < -0.4 is 4.74 Å². The fourth-order valence-corrected chi connectivity index (χ4v) is 3.38. The number of carbonyl (C=O) groups is 1. The molecule has 1 N–H and O–H groups in total. The van der Waals surface area contributed by atoms with E-state index in [0.29, 0.717) is 23.6 Å². The molecule has 6 heteroatoms. The van der Waals surface area contributed by atoms with E-state index in [0.717, 1.165) is 41.2 Å². The Bertz CT molecular complexity index is 1020. The summed E-state index contributed by atoms with van der Waals surface area (Å²) in [5.74, 6) is 1.10. The molecule has 1 aromatic carbocycles. The third-order valence-corrected chi connectivity index (χ3v) is 5.13. The van der Waals surface area contributed by atoms with Crippen molar-refractivity contribution in [2.75, 3.05) is 13.2 Å². The minimum Gasteiger partial charge on any atom is -0.493 e. The zero-order valence-electron chi connectivity index (χ0n) is 16.5. The van der Waals surface area contributed by atoms with Crippen LogP contribution in [-0.4, -0.2) is 34.1 Å². The Morgan fingerprint density at radius 1 is 1.25 bits per heavy atom. The van der Waals surface area contributed by atoms with Crippen molar-refractivity contribution in [1.82, 2.24) is 15.0 Å². The smallest absolute Gasteiger partial charge is 0.342 e. The molecular weight excluding hydrogens is 354 g/mol. The lowest BCUT2D eigenvalue weighted by molar-refractivity contribution is 0.0527. The van der Waals surface area contributed by atoms with Crippen LogP contribution in [0.3, 0.4) is 0 Å². The molecule has 6 nitrogen and oxygen atoms in total. The Kier molecular flexibility index (Phi) is 5.03. The van der Waals surface area contributed by atoms with Gasteiger partial charge in [-0.25, -0.2) is 14.8 Å². The van der Waals surface area contributed by atoms with Gasteiger partial charge in [0.2, 0.25) is 0 Å². The van der Waals surface area contributed by atoms with Gasteiger partial charge in [-0.05, 0) is 56.7 Å². The number of aromatic amines is 1. The number of aryl methyl sites for hydroxylation is 2. The fourth-order valence-electron chi connectivity index (χ4n) is 3.38. The van der Waals surface area contributed by atoms with E-state index in [1.54, 1.807) is 6.92 Å². The molecule has 1 aliphatic rings. The average molecular weight is 379 g/mol. The number of nitrogens with one attached hydrogen (secondary N) is 1. The van der Waals surface area contributed by atoms with Gasteiger partial charge >= 0.3 is 5.97 Å². The zero-order chi connectivity index (χ0) is 19.7. The Balaban J connectivity index is 1.84. The molecule has 0 spiro atoms. The van der Waals surface area contributed by atoms with Gasteiger partial charge in [0.05, 0.1) is 18.7 Å². The van der Waals surface area contributed by atoms with Gasteiger partial charge in [0.25, 0.3) is 0 Å². The van der Waals surface area contributed by atoms with E-state index >= 15 is 0 Å². The molecule has 0 radical (unpaired) electrons. The van der Waals surface area contributed by atoms with Crippen LogP contribution in [0.4, 0.5) is 0 Å². The van der Waals surface area contributed by atoms with Gasteiger partial charge in [-0.1, -0.05) is 13.0 Å². The van der Waals surface area contributed by atoms with Crippen molar-refractivity contribution >= 4 is 17.0 Å². The third kappa shape index (κ3) is 3.46. The number of hydrogen-bond acceptors (Lipinski definition) is 5. The second kappa shape index (κ2) is 7.62. The number of H-pyrrole nitrogens is 1. The summed E-state index contributed by atoms with van der Waals surface area (Å²) in [5.41, 5.74) is 5.36. The largest absolute Gasteiger partial charge is 0.493 e.